The van der Waals surface area contributed by atoms with Crippen LogP contribution >= 0.6 is 0 Å². The lowest BCUT2D eigenvalue weighted by atomic mass is 10.0. The van der Waals surface area contributed by atoms with Crippen molar-refractivity contribution in [2.45, 2.75) is 25.4 Å². The van der Waals surface area contributed by atoms with Crippen molar-refractivity contribution in [2.24, 2.45) is 0 Å². The summed E-state index contributed by atoms with van der Waals surface area (Å²) in [6.07, 6.45) is 0.284. The Labute approximate surface area is 147 Å². The molecule has 0 unspecified atom stereocenters. The van der Waals surface area contributed by atoms with E-state index in [1.54, 1.807) is 36.3 Å². The minimum atomic E-state index is -0.125. The second kappa shape index (κ2) is 7.38. The van der Waals surface area contributed by atoms with E-state index in [1.807, 2.05) is 37.3 Å². The number of nitrogens with zero attached hydrogens (tertiary/aromatic N) is 1. The Morgan fingerprint density at radius 3 is 2.64 bits per heavy atom. The Morgan fingerprint density at radius 2 is 1.92 bits per heavy atom. The molecule has 1 fully saturated rings. The first-order valence-electron chi connectivity index (χ1n) is 8.39. The third-order valence-electron chi connectivity index (χ3n) is 4.64. The second-order valence-corrected chi connectivity index (χ2v) is 6.18. The normalized spacial score (nSPS) is 19.6. The van der Waals surface area contributed by atoms with Gasteiger partial charge in [-0.05, 0) is 24.6 Å². The van der Waals surface area contributed by atoms with Gasteiger partial charge < -0.3 is 15.0 Å². The Hall–Kier alpha value is -2.82. The van der Waals surface area contributed by atoms with Crippen molar-refractivity contribution in [3.8, 4) is 5.75 Å². The van der Waals surface area contributed by atoms with E-state index in [4.69, 9.17) is 4.74 Å². The molecule has 1 heterocycles. The lowest BCUT2D eigenvalue weighted by Crippen LogP contribution is -2.34. The second-order valence-electron chi connectivity index (χ2n) is 6.18. The van der Waals surface area contributed by atoms with Crippen LogP contribution in [0.2, 0.25) is 0 Å². The van der Waals surface area contributed by atoms with Gasteiger partial charge in [0, 0.05) is 18.5 Å². The topological polar surface area (TPSA) is 58.6 Å². The van der Waals surface area contributed by atoms with Crippen LogP contribution in [-0.2, 0) is 0 Å². The average molecular weight is 338 g/mol. The summed E-state index contributed by atoms with van der Waals surface area (Å²) in [5.41, 5.74) is 1.68. The Balaban J connectivity index is 1.64. The zero-order chi connectivity index (χ0) is 17.8. The maximum Gasteiger partial charge on any atom is 0.318 e. The number of rotatable bonds is 6. The van der Waals surface area contributed by atoms with Gasteiger partial charge in [0.1, 0.15) is 5.75 Å². The van der Waals surface area contributed by atoms with Gasteiger partial charge >= 0.3 is 6.03 Å². The van der Waals surface area contributed by atoms with Crippen LogP contribution in [0.5, 0.6) is 5.75 Å². The van der Waals surface area contributed by atoms with Gasteiger partial charge in [0.2, 0.25) is 0 Å². The number of Topliss-reactive ketones (excluding diaryl/α,β-unsaturated/α-hetero) is 1. The molecule has 1 saturated heterocycles. The molecule has 2 atom stereocenters. The number of nitrogens with one attached hydrogen (secondary N) is 1. The molecular weight excluding hydrogens is 316 g/mol. The molecule has 3 rings (SSSR count). The smallest absolute Gasteiger partial charge is 0.318 e. The monoisotopic (exact) mass is 338 g/mol. The number of methoxy groups -OCH3 is 1. The summed E-state index contributed by atoms with van der Waals surface area (Å²) in [5, 5.41) is 3.01. The molecule has 0 bridgehead atoms. The van der Waals surface area contributed by atoms with E-state index < -0.39 is 0 Å². The Bertz CT molecular complexity index is 761. The molecule has 130 valence electrons. The molecule has 2 aromatic carbocycles. The van der Waals surface area contributed by atoms with Crippen LogP contribution in [0.15, 0.2) is 54.6 Å². The highest BCUT2D eigenvalue weighted by atomic mass is 16.5. The molecule has 2 amide bonds. The zero-order valence-electron chi connectivity index (χ0n) is 14.4. The van der Waals surface area contributed by atoms with E-state index in [1.165, 1.54) is 0 Å². The number of ether oxygens (including phenoxy) is 1. The summed E-state index contributed by atoms with van der Waals surface area (Å²) in [6, 6.07) is 16.8. The van der Waals surface area contributed by atoms with Crippen molar-refractivity contribution in [2.75, 3.05) is 13.7 Å². The van der Waals surface area contributed by atoms with E-state index in [0.29, 0.717) is 17.9 Å². The van der Waals surface area contributed by atoms with Crippen molar-refractivity contribution < 1.29 is 14.3 Å². The number of ketones is 1. The number of carbonyl (C=O) groups is 2. The van der Waals surface area contributed by atoms with Gasteiger partial charge in [-0.2, -0.15) is 0 Å². The van der Waals surface area contributed by atoms with Crippen molar-refractivity contribution in [3.05, 3.63) is 65.7 Å². The molecule has 5 nitrogen and oxygen atoms in total. The molecule has 0 spiro atoms. The van der Waals surface area contributed by atoms with Gasteiger partial charge in [-0.25, -0.2) is 4.79 Å². The van der Waals surface area contributed by atoms with Crippen LogP contribution < -0.4 is 10.1 Å². The van der Waals surface area contributed by atoms with Gasteiger partial charge in [-0.15, -0.1) is 0 Å². The molecule has 0 aliphatic carbocycles. The first-order valence-corrected chi connectivity index (χ1v) is 8.39. The number of benzene rings is 2. The third-order valence-corrected chi connectivity index (χ3v) is 4.64. The molecule has 0 saturated carbocycles. The lowest BCUT2D eigenvalue weighted by Gasteiger charge is -2.22. The number of hydrogen-bond donors (Lipinski definition) is 1. The summed E-state index contributed by atoms with van der Waals surface area (Å²) in [7, 11) is 1.57. The van der Waals surface area contributed by atoms with E-state index in [2.05, 4.69) is 5.32 Å². The lowest BCUT2D eigenvalue weighted by molar-refractivity contribution is 0.0968. The molecule has 0 aromatic heterocycles. The predicted octanol–water partition coefficient (Wildman–Crippen LogP) is 3.42. The Kier molecular flexibility index (Phi) is 5.03. The molecule has 25 heavy (non-hydrogen) atoms. The summed E-state index contributed by atoms with van der Waals surface area (Å²) < 4.78 is 5.15. The SMILES string of the molecule is COc1cccc(C(=O)CCN2C(=O)N[C@H](c3ccccc3)[C@@H]2C)c1. The molecule has 5 heteroatoms. The molecule has 0 radical (unpaired) electrons. The molecule has 2 aromatic rings. The largest absolute Gasteiger partial charge is 0.497 e. The predicted molar refractivity (Wildman–Crippen MR) is 95.8 cm³/mol. The fraction of sp³-hybridized carbons (Fsp3) is 0.300. The first kappa shape index (κ1) is 17.0. The van der Waals surface area contributed by atoms with E-state index in [0.717, 1.165) is 5.56 Å². The van der Waals surface area contributed by atoms with Gasteiger partial charge in [-0.3, -0.25) is 4.79 Å². The van der Waals surface area contributed by atoms with Gasteiger partial charge in [0.05, 0.1) is 19.2 Å². The van der Waals surface area contributed by atoms with Crippen LogP contribution in [0.25, 0.3) is 0 Å². The standard InChI is InChI=1S/C20H22N2O3/c1-14-19(15-7-4-3-5-8-15)21-20(24)22(14)12-11-18(23)16-9-6-10-17(13-16)25-2/h3-10,13-14,19H,11-12H2,1-2H3,(H,21,24)/t14-,19-/m0/s1. The average Bonchev–Trinajstić information content (AvgIpc) is 2.94. The van der Waals surface area contributed by atoms with E-state index in [9.17, 15) is 9.59 Å². The van der Waals surface area contributed by atoms with Crippen molar-refractivity contribution in [3.63, 3.8) is 0 Å². The van der Waals surface area contributed by atoms with E-state index >= 15 is 0 Å². The number of hydrogen-bond acceptors (Lipinski definition) is 3. The van der Waals surface area contributed by atoms with Crippen LogP contribution in [0.1, 0.15) is 35.3 Å². The first-order chi connectivity index (χ1) is 12.1. The van der Waals surface area contributed by atoms with Crippen molar-refractivity contribution in [1.82, 2.24) is 10.2 Å². The van der Waals surface area contributed by atoms with Crippen LogP contribution in [0.4, 0.5) is 4.79 Å². The highest BCUT2D eigenvalue weighted by Gasteiger charge is 2.36. The molecule has 1 aliphatic heterocycles. The maximum absolute atomic E-state index is 12.4. The summed E-state index contributed by atoms with van der Waals surface area (Å²) >= 11 is 0. The van der Waals surface area contributed by atoms with E-state index in [-0.39, 0.29) is 30.3 Å². The van der Waals surface area contributed by atoms with Gasteiger partial charge in [0.25, 0.3) is 0 Å². The highest BCUT2D eigenvalue weighted by Crippen LogP contribution is 2.27. The number of urea groups is 1. The number of carbonyl (C=O) groups excluding carboxylic acids is 2. The maximum atomic E-state index is 12.4. The summed E-state index contributed by atoms with van der Waals surface area (Å²) in [6.45, 7) is 2.40. The molecule has 1 aliphatic rings. The summed E-state index contributed by atoms with van der Waals surface area (Å²) in [5.74, 6) is 0.657. The van der Waals surface area contributed by atoms with Crippen LogP contribution in [0.3, 0.4) is 0 Å². The van der Waals surface area contributed by atoms with Crippen LogP contribution in [0, 0.1) is 0 Å². The summed E-state index contributed by atoms with van der Waals surface area (Å²) in [4.78, 5) is 26.5. The molecule has 1 N–H and O–H groups in total. The van der Waals surface area contributed by atoms with Crippen LogP contribution in [-0.4, -0.2) is 36.4 Å². The zero-order valence-corrected chi connectivity index (χ0v) is 14.4. The molecular formula is C20H22N2O3. The number of amides is 2. The Morgan fingerprint density at radius 1 is 1.16 bits per heavy atom. The third kappa shape index (κ3) is 3.65. The van der Waals surface area contributed by atoms with Crippen molar-refractivity contribution in [1.29, 1.82) is 0 Å². The van der Waals surface area contributed by atoms with Crippen molar-refractivity contribution >= 4 is 11.8 Å². The minimum absolute atomic E-state index is 0.00191. The minimum Gasteiger partial charge on any atom is -0.497 e. The fourth-order valence-electron chi connectivity index (χ4n) is 3.19. The fourth-order valence-corrected chi connectivity index (χ4v) is 3.19. The highest BCUT2D eigenvalue weighted by molar-refractivity contribution is 5.96. The van der Waals surface area contributed by atoms with Gasteiger partial charge in [0.15, 0.2) is 5.78 Å². The quantitative estimate of drug-likeness (QED) is 0.821. The van der Waals surface area contributed by atoms with Gasteiger partial charge in [-0.1, -0.05) is 42.5 Å².